The fraction of sp³-hybridized carbons (Fsp3) is 0.450. The van der Waals surface area contributed by atoms with Gasteiger partial charge in [-0.05, 0) is 30.9 Å². The monoisotopic (exact) mass is 353 g/mol. The van der Waals surface area contributed by atoms with Gasteiger partial charge in [-0.25, -0.2) is 4.98 Å². The molecule has 1 saturated heterocycles. The van der Waals surface area contributed by atoms with Gasteiger partial charge in [-0.15, -0.1) is 0 Å². The lowest BCUT2D eigenvalue weighted by molar-refractivity contribution is -0.149. The average molecular weight is 353 g/mol. The second-order valence-electron chi connectivity index (χ2n) is 7.68. The summed E-state index contributed by atoms with van der Waals surface area (Å²) in [6.45, 7) is 0.832. The van der Waals surface area contributed by atoms with Crippen molar-refractivity contribution in [3.8, 4) is 0 Å². The zero-order valence-corrected chi connectivity index (χ0v) is 15.1. The Hall–Kier alpha value is -2.63. The highest BCUT2D eigenvalue weighted by molar-refractivity contribution is 6.07. The smallest absolute Gasteiger partial charge is 0.311 e. The molecule has 2 aromatic rings. The molecule has 4 rings (SSSR count). The Kier molecular flexibility index (Phi) is 3.86. The second kappa shape index (κ2) is 5.97. The molecule has 2 atom stereocenters. The van der Waals surface area contributed by atoms with Gasteiger partial charge in [-0.3, -0.25) is 9.59 Å². The van der Waals surface area contributed by atoms with E-state index in [4.69, 9.17) is 0 Å². The number of benzene rings is 1. The lowest BCUT2D eigenvalue weighted by atomic mass is 9.81. The van der Waals surface area contributed by atoms with Crippen molar-refractivity contribution < 1.29 is 14.7 Å². The molecule has 1 aromatic heterocycles. The van der Waals surface area contributed by atoms with Crippen molar-refractivity contribution in [2.75, 3.05) is 32.1 Å². The van der Waals surface area contributed by atoms with E-state index in [2.05, 4.69) is 4.98 Å². The maximum atomic E-state index is 13.3. The van der Waals surface area contributed by atoms with Crippen molar-refractivity contribution in [3.63, 3.8) is 0 Å². The second-order valence-corrected chi connectivity index (χ2v) is 7.68. The van der Waals surface area contributed by atoms with Crippen molar-refractivity contribution in [2.24, 2.45) is 11.3 Å². The molecule has 1 saturated carbocycles. The minimum Gasteiger partial charge on any atom is -0.481 e. The van der Waals surface area contributed by atoms with E-state index < -0.39 is 11.4 Å². The van der Waals surface area contributed by atoms with Crippen LogP contribution in [0.3, 0.4) is 0 Å². The van der Waals surface area contributed by atoms with E-state index in [1.165, 1.54) is 0 Å². The van der Waals surface area contributed by atoms with Crippen molar-refractivity contribution in [2.45, 2.75) is 19.3 Å². The van der Waals surface area contributed by atoms with E-state index in [0.717, 1.165) is 29.6 Å². The molecule has 6 heteroatoms. The van der Waals surface area contributed by atoms with Crippen molar-refractivity contribution in [1.29, 1.82) is 0 Å². The maximum Gasteiger partial charge on any atom is 0.311 e. The lowest BCUT2D eigenvalue weighted by Crippen LogP contribution is -2.37. The molecule has 6 nitrogen and oxygen atoms in total. The van der Waals surface area contributed by atoms with Crippen LogP contribution in [0.4, 0.5) is 5.82 Å². The summed E-state index contributed by atoms with van der Waals surface area (Å²) in [6.07, 6.45) is 2.48. The molecule has 136 valence electrons. The van der Waals surface area contributed by atoms with Crippen LogP contribution in [0.5, 0.6) is 0 Å². The number of carboxylic acid groups (broad SMARTS) is 1. The number of anilines is 1. The Labute approximate surface area is 152 Å². The van der Waals surface area contributed by atoms with Crippen LogP contribution in [0, 0.1) is 11.3 Å². The third-order valence-electron chi connectivity index (χ3n) is 5.98. The third kappa shape index (κ3) is 2.43. The SMILES string of the molecule is CN(C)c1cc(C(=O)N2C[C@@H]3CCC[C@@]3(C(=O)O)C2)c2ccccc2n1. The number of amides is 1. The summed E-state index contributed by atoms with van der Waals surface area (Å²) in [5, 5.41) is 10.6. The van der Waals surface area contributed by atoms with Crippen LogP contribution in [0.1, 0.15) is 29.6 Å². The highest BCUT2D eigenvalue weighted by Crippen LogP contribution is 2.49. The number of pyridine rings is 1. The average Bonchev–Trinajstić information content (AvgIpc) is 3.18. The van der Waals surface area contributed by atoms with Crippen molar-refractivity contribution in [1.82, 2.24) is 9.88 Å². The van der Waals surface area contributed by atoms with Crippen LogP contribution < -0.4 is 4.90 Å². The predicted octanol–water partition coefficient (Wildman–Crippen LogP) is 2.63. The maximum absolute atomic E-state index is 13.3. The summed E-state index contributed by atoms with van der Waals surface area (Å²) in [7, 11) is 3.79. The minimum absolute atomic E-state index is 0.0605. The van der Waals surface area contributed by atoms with Gasteiger partial charge in [0, 0.05) is 32.6 Å². The number of carbonyl (C=O) groups excluding carboxylic acids is 1. The number of carboxylic acids is 1. The number of likely N-dealkylation sites (tertiary alicyclic amines) is 1. The Morgan fingerprint density at radius 1 is 1.31 bits per heavy atom. The largest absolute Gasteiger partial charge is 0.481 e. The molecular weight excluding hydrogens is 330 g/mol. The number of hydrogen-bond acceptors (Lipinski definition) is 4. The van der Waals surface area contributed by atoms with E-state index in [9.17, 15) is 14.7 Å². The number of rotatable bonds is 3. The fourth-order valence-electron chi connectivity index (χ4n) is 4.53. The van der Waals surface area contributed by atoms with Gasteiger partial charge in [0.2, 0.25) is 0 Å². The number of carbonyl (C=O) groups is 2. The topological polar surface area (TPSA) is 73.7 Å². The van der Waals surface area contributed by atoms with Gasteiger partial charge in [0.1, 0.15) is 5.82 Å². The molecule has 0 radical (unpaired) electrons. The predicted molar refractivity (Wildman–Crippen MR) is 99.4 cm³/mol. The molecule has 0 unspecified atom stereocenters. The zero-order chi connectivity index (χ0) is 18.5. The quantitative estimate of drug-likeness (QED) is 0.918. The van der Waals surface area contributed by atoms with E-state index in [-0.39, 0.29) is 11.8 Å². The number of hydrogen-bond donors (Lipinski definition) is 1. The fourth-order valence-corrected chi connectivity index (χ4v) is 4.53. The van der Waals surface area contributed by atoms with E-state index >= 15 is 0 Å². The molecule has 2 fully saturated rings. The highest BCUT2D eigenvalue weighted by Gasteiger charge is 2.55. The molecule has 1 N–H and O–H groups in total. The van der Waals surface area contributed by atoms with E-state index in [0.29, 0.717) is 25.1 Å². The first-order valence-electron chi connectivity index (χ1n) is 9.02. The van der Waals surface area contributed by atoms with Gasteiger partial charge >= 0.3 is 5.97 Å². The van der Waals surface area contributed by atoms with Crippen LogP contribution in [0.25, 0.3) is 10.9 Å². The normalized spacial score (nSPS) is 24.7. The van der Waals surface area contributed by atoms with Crippen LogP contribution in [0.2, 0.25) is 0 Å². The summed E-state index contributed by atoms with van der Waals surface area (Å²) < 4.78 is 0. The summed E-state index contributed by atoms with van der Waals surface area (Å²) >= 11 is 0. The standard InChI is InChI=1S/C20H23N3O3/c1-22(2)17-10-15(14-7-3-4-8-16(14)21-17)18(24)23-11-13-6-5-9-20(13,12-23)19(25)26/h3-4,7-8,10,13H,5-6,9,11-12H2,1-2H3,(H,25,26)/t13-,20+/m0/s1. The Bertz CT molecular complexity index is 895. The molecule has 1 aliphatic carbocycles. The minimum atomic E-state index is -0.761. The van der Waals surface area contributed by atoms with Gasteiger partial charge in [-0.2, -0.15) is 0 Å². The Morgan fingerprint density at radius 3 is 2.77 bits per heavy atom. The van der Waals surface area contributed by atoms with Crippen molar-refractivity contribution >= 4 is 28.6 Å². The molecule has 0 bridgehead atoms. The summed E-state index contributed by atoms with van der Waals surface area (Å²) in [4.78, 5) is 33.4. The van der Waals surface area contributed by atoms with Gasteiger partial charge in [0.15, 0.2) is 0 Å². The molecule has 1 aliphatic heterocycles. The van der Waals surface area contributed by atoms with Gasteiger partial charge in [0.25, 0.3) is 5.91 Å². The van der Waals surface area contributed by atoms with Crippen molar-refractivity contribution in [3.05, 3.63) is 35.9 Å². The van der Waals surface area contributed by atoms with Gasteiger partial charge in [-0.1, -0.05) is 24.6 Å². The highest BCUT2D eigenvalue weighted by atomic mass is 16.4. The first kappa shape index (κ1) is 16.8. The number of aliphatic carboxylic acids is 1. The van der Waals surface area contributed by atoms with Gasteiger partial charge in [0.05, 0.1) is 16.5 Å². The number of fused-ring (bicyclic) bond motifs is 2. The van der Waals surface area contributed by atoms with Crippen LogP contribution in [-0.4, -0.2) is 54.1 Å². The van der Waals surface area contributed by atoms with Crippen LogP contribution >= 0.6 is 0 Å². The van der Waals surface area contributed by atoms with Crippen LogP contribution in [-0.2, 0) is 4.79 Å². The van der Waals surface area contributed by atoms with E-state index in [1.807, 2.05) is 49.3 Å². The zero-order valence-electron chi connectivity index (χ0n) is 15.1. The molecule has 1 aromatic carbocycles. The molecule has 2 heterocycles. The van der Waals surface area contributed by atoms with Crippen LogP contribution in [0.15, 0.2) is 30.3 Å². The Morgan fingerprint density at radius 2 is 2.08 bits per heavy atom. The molecule has 26 heavy (non-hydrogen) atoms. The number of aromatic nitrogens is 1. The Balaban J connectivity index is 1.74. The summed E-state index contributed by atoms with van der Waals surface area (Å²) in [6, 6.07) is 9.41. The first-order chi connectivity index (χ1) is 12.4. The molecule has 1 amide bonds. The van der Waals surface area contributed by atoms with E-state index in [1.54, 1.807) is 4.90 Å². The molecule has 2 aliphatic rings. The lowest BCUT2D eigenvalue weighted by Gasteiger charge is -2.24. The first-order valence-corrected chi connectivity index (χ1v) is 9.02. The number of para-hydroxylation sites is 1. The third-order valence-corrected chi connectivity index (χ3v) is 5.98. The molecule has 0 spiro atoms. The summed E-state index contributed by atoms with van der Waals surface area (Å²) in [5.41, 5.74) is 0.609. The van der Waals surface area contributed by atoms with Gasteiger partial charge < -0.3 is 14.9 Å². The molecular formula is C20H23N3O3. The summed E-state index contributed by atoms with van der Waals surface area (Å²) in [5.74, 6) is -0.0737. The number of nitrogens with zero attached hydrogens (tertiary/aromatic N) is 3.